The number of hydrogen-bond acceptors (Lipinski definition) is 4. The lowest BCUT2D eigenvalue weighted by Crippen LogP contribution is -2.28. The van der Waals surface area contributed by atoms with Crippen molar-refractivity contribution in [1.29, 1.82) is 0 Å². The molecule has 1 N–H and O–H groups in total. The second-order valence-corrected chi connectivity index (χ2v) is 8.59. The second-order valence-electron chi connectivity index (χ2n) is 5.40. The number of hydrogen-bond donors (Lipinski definition) is 1. The molecule has 1 heterocycles. The Labute approximate surface area is 141 Å². The fraction of sp³-hybridized carbons (Fsp3) is 0.312. The van der Waals surface area contributed by atoms with Gasteiger partial charge in [0.25, 0.3) is 0 Å². The molecule has 0 spiro atoms. The minimum Gasteiger partial charge on any atom is -0.349 e. The van der Waals surface area contributed by atoms with Gasteiger partial charge in [-0.1, -0.05) is 18.2 Å². The van der Waals surface area contributed by atoms with Gasteiger partial charge in [-0.25, -0.2) is 12.7 Å². The van der Waals surface area contributed by atoms with E-state index in [4.69, 9.17) is 0 Å². The van der Waals surface area contributed by atoms with Crippen molar-refractivity contribution in [2.75, 3.05) is 14.1 Å². The smallest absolute Gasteiger partial charge is 0.242 e. The van der Waals surface area contributed by atoms with Gasteiger partial charge in [-0.05, 0) is 36.1 Å². The van der Waals surface area contributed by atoms with E-state index in [2.05, 4.69) is 5.32 Å². The molecule has 0 aliphatic heterocycles. The molecule has 2 rings (SSSR count). The maximum Gasteiger partial charge on any atom is 0.242 e. The van der Waals surface area contributed by atoms with Crippen LogP contribution in [0.3, 0.4) is 0 Å². The molecule has 23 heavy (non-hydrogen) atoms. The van der Waals surface area contributed by atoms with E-state index >= 15 is 0 Å². The summed E-state index contributed by atoms with van der Waals surface area (Å²) in [6, 6.07) is 10.2. The van der Waals surface area contributed by atoms with Crippen molar-refractivity contribution in [2.24, 2.45) is 0 Å². The van der Waals surface area contributed by atoms with Gasteiger partial charge in [-0.3, -0.25) is 4.79 Å². The molecular weight excluding hydrogens is 332 g/mol. The van der Waals surface area contributed by atoms with Crippen LogP contribution in [-0.4, -0.2) is 32.7 Å². The van der Waals surface area contributed by atoms with Crippen LogP contribution in [0.15, 0.2) is 46.7 Å². The number of nitrogens with one attached hydrogen (secondary N) is 1. The lowest BCUT2D eigenvalue weighted by Gasteiger charge is -2.16. The highest BCUT2D eigenvalue weighted by Gasteiger charge is 2.17. The highest BCUT2D eigenvalue weighted by atomic mass is 32.2. The molecule has 0 fully saturated rings. The quantitative estimate of drug-likeness (QED) is 0.868. The Morgan fingerprint density at radius 3 is 2.39 bits per heavy atom. The van der Waals surface area contributed by atoms with Gasteiger partial charge in [0.15, 0.2) is 0 Å². The molecule has 7 heteroatoms. The fourth-order valence-corrected chi connectivity index (χ4v) is 3.69. The summed E-state index contributed by atoms with van der Waals surface area (Å²) >= 11 is 1.55. The summed E-state index contributed by atoms with van der Waals surface area (Å²) in [6.45, 7) is 1.88. The third kappa shape index (κ3) is 4.40. The summed E-state index contributed by atoms with van der Waals surface area (Å²) in [7, 11) is -0.436. The second kappa shape index (κ2) is 7.25. The van der Waals surface area contributed by atoms with Gasteiger partial charge in [0.2, 0.25) is 15.9 Å². The number of nitrogens with zero attached hydrogens (tertiary/aromatic N) is 1. The van der Waals surface area contributed by atoms with E-state index < -0.39 is 10.0 Å². The predicted molar refractivity (Wildman–Crippen MR) is 91.9 cm³/mol. The number of rotatable bonds is 6. The Morgan fingerprint density at radius 1 is 1.22 bits per heavy atom. The third-order valence-electron chi connectivity index (χ3n) is 3.45. The van der Waals surface area contributed by atoms with E-state index in [1.807, 2.05) is 24.4 Å². The normalized spacial score (nSPS) is 13.0. The average Bonchev–Trinajstić information content (AvgIpc) is 2.99. The Kier molecular flexibility index (Phi) is 5.56. The van der Waals surface area contributed by atoms with E-state index in [-0.39, 0.29) is 16.8 Å². The lowest BCUT2D eigenvalue weighted by atomic mass is 10.1. The van der Waals surface area contributed by atoms with E-state index in [9.17, 15) is 13.2 Å². The molecule has 1 aromatic heterocycles. The summed E-state index contributed by atoms with van der Waals surface area (Å²) < 4.78 is 25.2. The summed E-state index contributed by atoms with van der Waals surface area (Å²) in [5.41, 5.74) is 0.863. The van der Waals surface area contributed by atoms with E-state index in [1.54, 1.807) is 35.6 Å². The van der Waals surface area contributed by atoms with Crippen LogP contribution in [0.4, 0.5) is 0 Å². The zero-order valence-electron chi connectivity index (χ0n) is 13.3. The van der Waals surface area contributed by atoms with Gasteiger partial charge < -0.3 is 5.32 Å². The van der Waals surface area contributed by atoms with Crippen molar-refractivity contribution in [2.45, 2.75) is 24.3 Å². The fourth-order valence-electron chi connectivity index (χ4n) is 2.09. The maximum absolute atomic E-state index is 12.0. The molecule has 0 aliphatic rings. The number of thiophene rings is 1. The molecule has 1 amide bonds. The molecule has 2 aromatic rings. The zero-order chi connectivity index (χ0) is 17.0. The first-order valence-electron chi connectivity index (χ1n) is 7.15. The van der Waals surface area contributed by atoms with Gasteiger partial charge in [0.1, 0.15) is 0 Å². The van der Waals surface area contributed by atoms with Gasteiger partial charge in [-0.15, -0.1) is 11.3 Å². The number of amides is 1. The molecule has 5 nitrogen and oxygen atoms in total. The Balaban J connectivity index is 2.03. The molecule has 0 radical (unpaired) electrons. The zero-order valence-corrected chi connectivity index (χ0v) is 14.9. The molecule has 0 saturated carbocycles. The number of carbonyl (C=O) groups excluding carboxylic acids is 1. The number of carbonyl (C=O) groups is 1. The van der Waals surface area contributed by atoms with Crippen LogP contribution < -0.4 is 5.32 Å². The van der Waals surface area contributed by atoms with Crippen LogP contribution in [-0.2, 0) is 21.2 Å². The minimum absolute atomic E-state index is 0.0510. The van der Waals surface area contributed by atoms with Crippen LogP contribution in [0.25, 0.3) is 0 Å². The highest BCUT2D eigenvalue weighted by molar-refractivity contribution is 7.89. The van der Waals surface area contributed by atoms with E-state index in [0.717, 1.165) is 10.4 Å². The monoisotopic (exact) mass is 352 g/mol. The first-order valence-corrected chi connectivity index (χ1v) is 9.47. The Morgan fingerprint density at radius 2 is 1.87 bits per heavy atom. The number of benzene rings is 1. The average molecular weight is 352 g/mol. The summed E-state index contributed by atoms with van der Waals surface area (Å²) in [5, 5.41) is 4.86. The molecule has 124 valence electrons. The lowest BCUT2D eigenvalue weighted by molar-refractivity contribution is -0.121. The largest absolute Gasteiger partial charge is 0.349 e. The van der Waals surface area contributed by atoms with E-state index in [0.29, 0.717) is 6.42 Å². The van der Waals surface area contributed by atoms with Gasteiger partial charge in [-0.2, -0.15) is 0 Å². The molecule has 0 aliphatic carbocycles. The molecular formula is C16H20N2O3S2. The van der Waals surface area contributed by atoms with Crippen molar-refractivity contribution in [3.05, 3.63) is 52.2 Å². The first kappa shape index (κ1) is 17.7. The Hall–Kier alpha value is -1.70. The van der Waals surface area contributed by atoms with Crippen LogP contribution in [0.2, 0.25) is 0 Å². The maximum atomic E-state index is 12.0. The predicted octanol–water partition coefficient (Wildman–Crippen LogP) is 2.42. The SMILES string of the molecule is CC(NC(=O)Cc1cccs1)c1ccc(S(=O)(=O)N(C)C)cc1. The standard InChI is InChI=1S/C16H20N2O3S2/c1-12(17-16(19)11-14-5-4-10-22-14)13-6-8-15(9-7-13)23(20,21)18(2)3/h4-10,12H,11H2,1-3H3,(H,17,19). The Bertz CT molecular complexity index is 751. The van der Waals surface area contributed by atoms with Crippen molar-refractivity contribution in [1.82, 2.24) is 9.62 Å². The third-order valence-corrected chi connectivity index (χ3v) is 6.16. The number of sulfonamides is 1. The molecule has 1 unspecified atom stereocenters. The van der Waals surface area contributed by atoms with Crippen molar-refractivity contribution in [3.8, 4) is 0 Å². The summed E-state index contributed by atoms with van der Waals surface area (Å²) in [5.74, 6) is -0.0510. The van der Waals surface area contributed by atoms with Crippen LogP contribution >= 0.6 is 11.3 Å². The highest BCUT2D eigenvalue weighted by Crippen LogP contribution is 2.18. The van der Waals surface area contributed by atoms with Crippen molar-refractivity contribution in [3.63, 3.8) is 0 Å². The van der Waals surface area contributed by atoms with Crippen molar-refractivity contribution < 1.29 is 13.2 Å². The summed E-state index contributed by atoms with van der Waals surface area (Å²) in [6.07, 6.45) is 0.356. The van der Waals surface area contributed by atoms with E-state index in [1.165, 1.54) is 18.4 Å². The molecule has 1 atom stereocenters. The van der Waals surface area contributed by atoms with Crippen molar-refractivity contribution >= 4 is 27.3 Å². The summed E-state index contributed by atoms with van der Waals surface area (Å²) in [4.78, 5) is 13.3. The topological polar surface area (TPSA) is 66.5 Å². The first-order chi connectivity index (χ1) is 10.8. The van der Waals surface area contributed by atoms with Crippen LogP contribution in [0.1, 0.15) is 23.4 Å². The van der Waals surface area contributed by atoms with Crippen LogP contribution in [0, 0.1) is 0 Å². The minimum atomic E-state index is -3.43. The molecule has 0 bridgehead atoms. The van der Waals surface area contributed by atoms with Gasteiger partial charge >= 0.3 is 0 Å². The molecule has 0 saturated heterocycles. The molecule has 1 aromatic carbocycles. The van der Waals surface area contributed by atoms with Gasteiger partial charge in [0, 0.05) is 19.0 Å². The van der Waals surface area contributed by atoms with Crippen LogP contribution in [0.5, 0.6) is 0 Å². The van der Waals surface area contributed by atoms with Gasteiger partial charge in [0.05, 0.1) is 17.4 Å².